The second-order valence-corrected chi connectivity index (χ2v) is 4.08. The summed E-state index contributed by atoms with van der Waals surface area (Å²) in [5.74, 6) is -0.388. The molecule has 1 unspecified atom stereocenters. The highest BCUT2D eigenvalue weighted by Crippen LogP contribution is 2.04. The van der Waals surface area contributed by atoms with Crippen LogP contribution in [0.25, 0.3) is 0 Å². The summed E-state index contributed by atoms with van der Waals surface area (Å²) in [4.78, 5) is 17.3. The number of esters is 1. The Morgan fingerprint density at radius 1 is 1.59 bits per heavy atom. The fourth-order valence-electron chi connectivity index (χ4n) is 1.55. The van der Waals surface area contributed by atoms with Gasteiger partial charge in [0.25, 0.3) is 0 Å². The molecule has 1 atom stereocenters. The van der Waals surface area contributed by atoms with Gasteiger partial charge in [-0.15, -0.1) is 0 Å². The van der Waals surface area contributed by atoms with Crippen LogP contribution < -0.4 is 0 Å². The minimum atomic E-state index is -0.388. The highest BCUT2D eigenvalue weighted by Gasteiger charge is 2.07. The lowest BCUT2D eigenvalue weighted by Crippen LogP contribution is -2.27. The molecule has 94 valence electrons. The number of hydrogen-bond acceptors (Lipinski definition) is 5. The maximum atomic E-state index is 11.2. The van der Waals surface area contributed by atoms with Gasteiger partial charge in [-0.3, -0.25) is 9.88 Å². The van der Waals surface area contributed by atoms with Crippen molar-refractivity contribution in [2.45, 2.75) is 19.6 Å². The maximum absolute atomic E-state index is 11.2. The zero-order chi connectivity index (χ0) is 12.8. The summed E-state index contributed by atoms with van der Waals surface area (Å²) in [5.41, 5.74) is 1.29. The Balaban J connectivity index is 2.59. The van der Waals surface area contributed by atoms with Gasteiger partial charge in [-0.1, -0.05) is 0 Å². The minimum absolute atomic E-state index is 0.366. The smallest absolute Gasteiger partial charge is 0.339 e. The number of methoxy groups -OCH3 is 1. The largest absolute Gasteiger partial charge is 0.465 e. The van der Waals surface area contributed by atoms with Crippen LogP contribution in [0.3, 0.4) is 0 Å². The third-order valence-electron chi connectivity index (χ3n) is 2.25. The molecule has 0 spiro atoms. The van der Waals surface area contributed by atoms with Gasteiger partial charge in [0.15, 0.2) is 0 Å². The molecule has 0 aromatic carbocycles. The molecule has 1 heterocycles. The van der Waals surface area contributed by atoms with Gasteiger partial charge < -0.3 is 9.84 Å². The summed E-state index contributed by atoms with van der Waals surface area (Å²) >= 11 is 0. The van der Waals surface area contributed by atoms with Gasteiger partial charge in [0.1, 0.15) is 0 Å². The summed E-state index contributed by atoms with van der Waals surface area (Å²) in [5, 5.41) is 9.23. The highest BCUT2D eigenvalue weighted by molar-refractivity contribution is 5.88. The van der Waals surface area contributed by atoms with E-state index in [1.165, 1.54) is 13.3 Å². The number of carbonyl (C=O) groups is 1. The van der Waals surface area contributed by atoms with Gasteiger partial charge in [0.2, 0.25) is 0 Å². The summed E-state index contributed by atoms with van der Waals surface area (Å²) in [6.07, 6.45) is 1.13. The van der Waals surface area contributed by atoms with E-state index in [1.54, 1.807) is 19.1 Å². The number of aromatic nitrogens is 1. The molecular formula is C12H18N2O3. The molecule has 0 fully saturated rings. The molecule has 0 saturated heterocycles. The van der Waals surface area contributed by atoms with E-state index in [1.807, 2.05) is 11.9 Å². The van der Waals surface area contributed by atoms with Crippen molar-refractivity contribution in [3.8, 4) is 0 Å². The molecule has 1 aromatic heterocycles. The second kappa shape index (κ2) is 6.32. The number of rotatable bonds is 5. The predicted molar refractivity (Wildman–Crippen MR) is 63.6 cm³/mol. The average molecular weight is 238 g/mol. The number of nitrogens with zero attached hydrogens (tertiary/aromatic N) is 2. The molecule has 5 nitrogen and oxygen atoms in total. The summed E-state index contributed by atoms with van der Waals surface area (Å²) < 4.78 is 4.59. The molecule has 1 rings (SSSR count). The number of aliphatic hydroxyl groups excluding tert-OH is 1. The summed E-state index contributed by atoms with van der Waals surface area (Å²) in [6, 6.07) is 3.47. The Morgan fingerprint density at radius 2 is 2.29 bits per heavy atom. The van der Waals surface area contributed by atoms with Crippen molar-refractivity contribution in [3.05, 3.63) is 29.6 Å². The number of aliphatic hydroxyl groups is 1. The van der Waals surface area contributed by atoms with Crippen LogP contribution in [0, 0.1) is 0 Å². The van der Waals surface area contributed by atoms with E-state index >= 15 is 0 Å². The fraction of sp³-hybridized carbons (Fsp3) is 0.500. The van der Waals surface area contributed by atoms with E-state index in [0.29, 0.717) is 18.7 Å². The first kappa shape index (κ1) is 13.6. The van der Waals surface area contributed by atoms with E-state index in [0.717, 1.165) is 5.69 Å². The Kier molecular flexibility index (Phi) is 5.06. The van der Waals surface area contributed by atoms with Crippen LogP contribution in [0.4, 0.5) is 0 Å². The van der Waals surface area contributed by atoms with Gasteiger partial charge in [0.05, 0.1) is 24.5 Å². The molecule has 0 aliphatic heterocycles. The SMILES string of the molecule is COC(=O)c1ccc(CN(C)CC(C)O)nc1. The molecule has 1 aromatic rings. The Morgan fingerprint density at radius 3 is 2.76 bits per heavy atom. The topological polar surface area (TPSA) is 62.7 Å². The molecule has 0 radical (unpaired) electrons. The first-order chi connectivity index (χ1) is 8.02. The van der Waals surface area contributed by atoms with Gasteiger partial charge in [-0.05, 0) is 26.1 Å². The number of hydrogen-bond donors (Lipinski definition) is 1. The van der Waals surface area contributed by atoms with E-state index < -0.39 is 0 Å². The lowest BCUT2D eigenvalue weighted by atomic mass is 10.2. The van der Waals surface area contributed by atoms with Crippen LogP contribution >= 0.6 is 0 Å². The standard InChI is InChI=1S/C12H18N2O3/c1-9(15)7-14(2)8-11-5-4-10(6-13-11)12(16)17-3/h4-6,9,15H,7-8H2,1-3H3. The van der Waals surface area contributed by atoms with Gasteiger partial charge in [-0.25, -0.2) is 4.79 Å². The molecule has 0 amide bonds. The van der Waals surface area contributed by atoms with E-state index in [9.17, 15) is 9.90 Å². The zero-order valence-corrected chi connectivity index (χ0v) is 10.4. The molecule has 1 N–H and O–H groups in total. The second-order valence-electron chi connectivity index (χ2n) is 4.08. The highest BCUT2D eigenvalue weighted by atomic mass is 16.5. The van der Waals surface area contributed by atoms with Gasteiger partial charge in [-0.2, -0.15) is 0 Å². The van der Waals surface area contributed by atoms with Crippen LogP contribution in [0.1, 0.15) is 23.0 Å². The normalized spacial score (nSPS) is 12.5. The van der Waals surface area contributed by atoms with Crippen molar-refractivity contribution < 1.29 is 14.6 Å². The molecule has 0 aliphatic carbocycles. The Bertz CT molecular complexity index is 363. The number of carbonyl (C=O) groups excluding carboxylic acids is 1. The number of likely N-dealkylation sites (N-methyl/N-ethyl adjacent to an activating group) is 1. The third-order valence-corrected chi connectivity index (χ3v) is 2.25. The summed E-state index contributed by atoms with van der Waals surface area (Å²) in [6.45, 7) is 2.96. The lowest BCUT2D eigenvalue weighted by Gasteiger charge is -2.17. The minimum Gasteiger partial charge on any atom is -0.465 e. The van der Waals surface area contributed by atoms with Crippen LogP contribution in [0.15, 0.2) is 18.3 Å². The molecule has 0 aliphatic rings. The fourth-order valence-corrected chi connectivity index (χ4v) is 1.55. The molecule has 5 heteroatoms. The van der Waals surface area contributed by atoms with Crippen LogP contribution in [-0.4, -0.2) is 47.8 Å². The van der Waals surface area contributed by atoms with Crippen molar-refractivity contribution in [2.24, 2.45) is 0 Å². The van der Waals surface area contributed by atoms with Gasteiger partial charge >= 0.3 is 5.97 Å². The molecule has 0 bridgehead atoms. The first-order valence-electron chi connectivity index (χ1n) is 5.42. The number of pyridine rings is 1. The van der Waals surface area contributed by atoms with Crippen LogP contribution in [-0.2, 0) is 11.3 Å². The van der Waals surface area contributed by atoms with E-state index in [-0.39, 0.29) is 12.1 Å². The van der Waals surface area contributed by atoms with E-state index in [2.05, 4.69) is 9.72 Å². The van der Waals surface area contributed by atoms with E-state index in [4.69, 9.17) is 0 Å². The predicted octanol–water partition coefficient (Wildman–Crippen LogP) is 0.681. The van der Waals surface area contributed by atoms with Crippen molar-refractivity contribution in [2.75, 3.05) is 20.7 Å². The van der Waals surface area contributed by atoms with Crippen molar-refractivity contribution in [3.63, 3.8) is 0 Å². The van der Waals surface area contributed by atoms with Crippen molar-refractivity contribution >= 4 is 5.97 Å². The third kappa shape index (κ3) is 4.50. The molecule has 0 saturated carbocycles. The zero-order valence-electron chi connectivity index (χ0n) is 10.4. The van der Waals surface area contributed by atoms with Gasteiger partial charge in [0, 0.05) is 19.3 Å². The Labute approximate surface area is 101 Å². The average Bonchev–Trinajstić information content (AvgIpc) is 2.28. The molecular weight excluding hydrogens is 220 g/mol. The van der Waals surface area contributed by atoms with Crippen molar-refractivity contribution in [1.82, 2.24) is 9.88 Å². The monoisotopic (exact) mass is 238 g/mol. The quantitative estimate of drug-likeness (QED) is 0.764. The number of ether oxygens (including phenoxy) is 1. The molecule has 17 heavy (non-hydrogen) atoms. The van der Waals surface area contributed by atoms with Crippen LogP contribution in [0.2, 0.25) is 0 Å². The lowest BCUT2D eigenvalue weighted by molar-refractivity contribution is 0.0600. The Hall–Kier alpha value is -1.46. The van der Waals surface area contributed by atoms with Crippen LogP contribution in [0.5, 0.6) is 0 Å². The first-order valence-corrected chi connectivity index (χ1v) is 5.42. The van der Waals surface area contributed by atoms with Crippen molar-refractivity contribution in [1.29, 1.82) is 0 Å². The maximum Gasteiger partial charge on any atom is 0.339 e. The summed E-state index contributed by atoms with van der Waals surface area (Å²) in [7, 11) is 3.25.